The van der Waals surface area contributed by atoms with Gasteiger partial charge >= 0.3 is 6.18 Å². The number of aromatic nitrogens is 4. The highest BCUT2D eigenvalue weighted by Crippen LogP contribution is 2.36. The maximum Gasteiger partial charge on any atom is 0.418 e. The fraction of sp³-hybridized carbons (Fsp3) is 0.484. The molecule has 2 saturated heterocycles. The zero-order valence-electron chi connectivity index (χ0n) is 25.6. The quantitative estimate of drug-likeness (QED) is 0.331. The molecule has 2 aromatic heterocycles. The van der Waals surface area contributed by atoms with Gasteiger partial charge in [0.1, 0.15) is 11.3 Å². The first-order valence-corrected chi connectivity index (χ1v) is 15.0. The Kier molecular flexibility index (Phi) is 9.11. The molecule has 4 heterocycles. The number of fused-ring (bicyclic) bond motifs is 1. The molecule has 11 nitrogen and oxygen atoms in total. The normalized spacial score (nSPS) is 17.5. The van der Waals surface area contributed by atoms with Crippen LogP contribution in [-0.2, 0) is 11.0 Å². The van der Waals surface area contributed by atoms with E-state index in [9.17, 15) is 28.0 Å². The van der Waals surface area contributed by atoms with Gasteiger partial charge in [-0.3, -0.25) is 9.59 Å². The number of carbonyl (C=O) groups is 1. The number of nitriles is 1. The molecular weight excluding hydrogens is 587 g/mol. The van der Waals surface area contributed by atoms with Gasteiger partial charge in [0, 0.05) is 45.2 Å². The van der Waals surface area contributed by atoms with Gasteiger partial charge in [-0.2, -0.15) is 33.2 Å². The van der Waals surface area contributed by atoms with Crippen LogP contribution in [-0.4, -0.2) is 93.9 Å². The SMILES string of the molecule is C=CC(=O)N1CCN(c2nc(N3CC(CN(CC)CC)C3)nc3c(=O)n(-c4cccc(C)c4C(F)(F)F)ncc23)CC1CC#N. The maximum absolute atomic E-state index is 14.1. The molecule has 1 unspecified atom stereocenters. The number of hydrogen-bond acceptors (Lipinski definition) is 9. The lowest BCUT2D eigenvalue weighted by molar-refractivity contribution is -0.138. The number of carbonyl (C=O) groups excluding carboxylic acids is 1. The number of aryl methyl sites for hydroxylation is 1. The van der Waals surface area contributed by atoms with Crippen LogP contribution in [0.3, 0.4) is 0 Å². The molecule has 45 heavy (non-hydrogen) atoms. The first-order chi connectivity index (χ1) is 21.5. The molecule has 1 amide bonds. The van der Waals surface area contributed by atoms with Crippen LogP contribution in [0.25, 0.3) is 16.6 Å². The summed E-state index contributed by atoms with van der Waals surface area (Å²) in [7, 11) is 0. The summed E-state index contributed by atoms with van der Waals surface area (Å²) in [6.07, 6.45) is -2.11. The van der Waals surface area contributed by atoms with E-state index in [1.165, 1.54) is 37.4 Å². The highest BCUT2D eigenvalue weighted by molar-refractivity contribution is 5.90. The van der Waals surface area contributed by atoms with Crippen molar-refractivity contribution < 1.29 is 18.0 Å². The Morgan fingerprint density at radius 1 is 1.16 bits per heavy atom. The van der Waals surface area contributed by atoms with E-state index in [1.807, 2.05) is 9.80 Å². The largest absolute Gasteiger partial charge is 0.418 e. The molecule has 2 aliphatic rings. The van der Waals surface area contributed by atoms with Crippen molar-refractivity contribution in [1.82, 2.24) is 29.5 Å². The van der Waals surface area contributed by atoms with Crippen molar-refractivity contribution in [3.8, 4) is 11.8 Å². The summed E-state index contributed by atoms with van der Waals surface area (Å²) in [4.78, 5) is 43.7. The monoisotopic (exact) mass is 623 g/mol. The van der Waals surface area contributed by atoms with Gasteiger partial charge in [0.05, 0.1) is 41.4 Å². The van der Waals surface area contributed by atoms with Crippen molar-refractivity contribution in [3.63, 3.8) is 0 Å². The van der Waals surface area contributed by atoms with E-state index >= 15 is 0 Å². The lowest BCUT2D eigenvalue weighted by atomic mass is 10.00. The van der Waals surface area contributed by atoms with Crippen molar-refractivity contribution in [1.29, 1.82) is 5.26 Å². The predicted octanol–water partition coefficient (Wildman–Crippen LogP) is 3.40. The van der Waals surface area contributed by atoms with Crippen LogP contribution in [0.5, 0.6) is 0 Å². The number of nitrogens with zero attached hydrogens (tertiary/aromatic N) is 9. The number of piperazine rings is 1. The smallest absolute Gasteiger partial charge is 0.352 e. The summed E-state index contributed by atoms with van der Waals surface area (Å²) >= 11 is 0. The summed E-state index contributed by atoms with van der Waals surface area (Å²) in [6.45, 7) is 14.1. The fourth-order valence-electron chi connectivity index (χ4n) is 6.18. The molecule has 1 aromatic carbocycles. The summed E-state index contributed by atoms with van der Waals surface area (Å²) < 4.78 is 43.1. The highest BCUT2D eigenvalue weighted by atomic mass is 19.4. The van der Waals surface area contributed by atoms with Crippen LogP contribution in [0.15, 0.2) is 41.8 Å². The topological polar surface area (TPSA) is 114 Å². The Balaban J connectivity index is 1.61. The molecular formula is C31H36F3N9O2. The van der Waals surface area contributed by atoms with Crippen LogP contribution in [0, 0.1) is 24.2 Å². The molecule has 2 fully saturated rings. The minimum atomic E-state index is -4.71. The molecule has 0 radical (unpaired) electrons. The van der Waals surface area contributed by atoms with Gasteiger partial charge in [-0.15, -0.1) is 0 Å². The minimum absolute atomic E-state index is 0.0341. The van der Waals surface area contributed by atoms with Gasteiger partial charge in [-0.25, -0.2) is 4.98 Å². The van der Waals surface area contributed by atoms with E-state index in [1.54, 1.807) is 4.90 Å². The first kappa shape index (κ1) is 31.9. The lowest BCUT2D eigenvalue weighted by Gasteiger charge is -2.43. The fourth-order valence-corrected chi connectivity index (χ4v) is 6.18. The summed E-state index contributed by atoms with van der Waals surface area (Å²) in [5.74, 6) is 0.765. The zero-order valence-corrected chi connectivity index (χ0v) is 25.6. The first-order valence-electron chi connectivity index (χ1n) is 15.0. The van der Waals surface area contributed by atoms with Crippen LogP contribution >= 0.6 is 0 Å². The average molecular weight is 624 g/mol. The molecule has 0 bridgehead atoms. The number of anilines is 2. The molecule has 2 aliphatic heterocycles. The van der Waals surface area contributed by atoms with E-state index in [2.05, 4.69) is 41.5 Å². The zero-order chi connectivity index (χ0) is 32.5. The van der Waals surface area contributed by atoms with Crippen LogP contribution in [0.2, 0.25) is 0 Å². The number of rotatable bonds is 9. The van der Waals surface area contributed by atoms with Gasteiger partial charge in [0.25, 0.3) is 5.56 Å². The van der Waals surface area contributed by atoms with Gasteiger partial charge in [0.15, 0.2) is 0 Å². The van der Waals surface area contributed by atoms with E-state index in [-0.39, 0.29) is 47.6 Å². The predicted molar refractivity (Wildman–Crippen MR) is 164 cm³/mol. The van der Waals surface area contributed by atoms with Gasteiger partial charge in [-0.05, 0) is 37.7 Å². The molecule has 3 aromatic rings. The van der Waals surface area contributed by atoms with E-state index < -0.39 is 23.3 Å². The highest BCUT2D eigenvalue weighted by Gasteiger charge is 2.37. The van der Waals surface area contributed by atoms with Gasteiger partial charge in [0.2, 0.25) is 11.9 Å². The molecule has 0 saturated carbocycles. The molecule has 0 aliphatic carbocycles. The van der Waals surface area contributed by atoms with Crippen LogP contribution in [0.1, 0.15) is 31.4 Å². The molecule has 14 heteroatoms. The summed E-state index contributed by atoms with van der Waals surface area (Å²) in [5, 5.41) is 13.9. The third-order valence-electron chi connectivity index (χ3n) is 8.59. The minimum Gasteiger partial charge on any atom is -0.352 e. The lowest BCUT2D eigenvalue weighted by Crippen LogP contribution is -2.55. The average Bonchev–Trinajstić information content (AvgIpc) is 2.99. The number of benzene rings is 1. The van der Waals surface area contributed by atoms with Crippen molar-refractivity contribution in [2.45, 2.75) is 39.4 Å². The second-order valence-corrected chi connectivity index (χ2v) is 11.4. The Hall–Kier alpha value is -4.51. The van der Waals surface area contributed by atoms with Crippen molar-refractivity contribution in [3.05, 3.63) is 58.5 Å². The molecule has 0 N–H and O–H groups in total. The molecule has 0 spiro atoms. The third kappa shape index (κ3) is 6.22. The maximum atomic E-state index is 14.1. The Labute approximate surface area is 259 Å². The van der Waals surface area contributed by atoms with Crippen LogP contribution in [0.4, 0.5) is 24.9 Å². The van der Waals surface area contributed by atoms with Crippen LogP contribution < -0.4 is 15.4 Å². The van der Waals surface area contributed by atoms with E-state index in [0.717, 1.165) is 24.3 Å². The Bertz CT molecular complexity index is 1690. The van der Waals surface area contributed by atoms with Gasteiger partial charge < -0.3 is 19.6 Å². The number of alkyl halides is 3. The van der Waals surface area contributed by atoms with E-state index in [0.29, 0.717) is 37.3 Å². The number of amides is 1. The Morgan fingerprint density at radius 3 is 2.53 bits per heavy atom. The van der Waals surface area contributed by atoms with Crippen molar-refractivity contribution in [2.24, 2.45) is 5.92 Å². The molecule has 1 atom stereocenters. The summed E-state index contributed by atoms with van der Waals surface area (Å²) in [6, 6.07) is 5.68. The summed E-state index contributed by atoms with van der Waals surface area (Å²) in [5.41, 5.74) is -2.23. The molecule has 5 rings (SSSR count). The van der Waals surface area contributed by atoms with Gasteiger partial charge in [-0.1, -0.05) is 32.6 Å². The Morgan fingerprint density at radius 2 is 1.89 bits per heavy atom. The molecule has 238 valence electrons. The number of hydrogen-bond donors (Lipinski definition) is 0. The van der Waals surface area contributed by atoms with Crippen molar-refractivity contribution >= 4 is 28.6 Å². The van der Waals surface area contributed by atoms with Crippen molar-refractivity contribution in [2.75, 3.05) is 62.2 Å². The third-order valence-corrected chi connectivity index (χ3v) is 8.59. The number of halogens is 3. The standard InChI is InChI=1S/C31H36F3N9O2/c1-5-25(44)42-14-13-40(19-22(42)11-12-35)28-23-15-36-43(24-10-8-9-20(4)26(24)31(32,33)34)29(45)27(23)37-30(38-28)41-17-21(18-41)16-39(6-2)7-3/h5,8-10,15,21-22H,1,6-7,11,13-14,16-19H2,2-4H3. The second-order valence-electron chi connectivity index (χ2n) is 11.4. The van der Waals surface area contributed by atoms with E-state index in [4.69, 9.17) is 4.98 Å². The second kappa shape index (κ2) is 12.8.